The summed E-state index contributed by atoms with van der Waals surface area (Å²) in [6.07, 6.45) is 8.52. The lowest BCUT2D eigenvalue weighted by Gasteiger charge is -2.34. The Hall–Kier alpha value is -3.10. The Balaban J connectivity index is 1.62. The molecule has 3 N–H and O–H groups in total. The monoisotopic (exact) mass is 433 g/mol. The molecule has 0 saturated carbocycles. The van der Waals surface area contributed by atoms with E-state index in [1.807, 2.05) is 50.4 Å². The Kier molecular flexibility index (Phi) is 6.92. The van der Waals surface area contributed by atoms with Gasteiger partial charge >= 0.3 is 0 Å². The number of hydrogen-bond acceptors (Lipinski definition) is 6. The molecule has 32 heavy (non-hydrogen) atoms. The topological polar surface area (TPSA) is 102 Å². The van der Waals surface area contributed by atoms with Gasteiger partial charge in [-0.2, -0.15) is 0 Å². The van der Waals surface area contributed by atoms with E-state index in [9.17, 15) is 4.79 Å². The maximum Gasteiger partial charge on any atom is 0.244 e. The van der Waals surface area contributed by atoms with E-state index in [1.165, 1.54) is 6.42 Å². The van der Waals surface area contributed by atoms with Gasteiger partial charge in [0.25, 0.3) is 0 Å². The molecular weight excluding hydrogens is 402 g/mol. The summed E-state index contributed by atoms with van der Waals surface area (Å²) in [4.78, 5) is 29.3. The molecule has 0 spiro atoms. The highest BCUT2D eigenvalue weighted by molar-refractivity contribution is 5.83. The summed E-state index contributed by atoms with van der Waals surface area (Å²) in [6.45, 7) is 6.19. The number of carbonyl (C=O) groups excluding carboxylic acids is 1. The summed E-state index contributed by atoms with van der Waals surface area (Å²) >= 11 is 0. The highest BCUT2D eigenvalue weighted by Crippen LogP contribution is 2.26. The van der Waals surface area contributed by atoms with Crippen LogP contribution in [0, 0.1) is 6.92 Å². The molecule has 0 aliphatic carbocycles. The number of nitrogens with one attached hydrogen (secondary N) is 1. The molecule has 168 valence electrons. The van der Waals surface area contributed by atoms with E-state index in [2.05, 4.69) is 20.2 Å². The van der Waals surface area contributed by atoms with Crippen LogP contribution in [-0.2, 0) is 11.3 Å². The van der Waals surface area contributed by atoms with Crippen LogP contribution >= 0.6 is 0 Å². The average Bonchev–Trinajstić information content (AvgIpc) is 3.35. The predicted octanol–water partition coefficient (Wildman–Crippen LogP) is 2.83. The van der Waals surface area contributed by atoms with Crippen LogP contribution in [0.4, 0.5) is 0 Å². The van der Waals surface area contributed by atoms with Crippen molar-refractivity contribution in [3.63, 3.8) is 0 Å². The molecule has 3 aromatic rings. The van der Waals surface area contributed by atoms with Gasteiger partial charge in [-0.15, -0.1) is 0 Å². The van der Waals surface area contributed by atoms with Crippen molar-refractivity contribution in [3.05, 3.63) is 71.6 Å². The standard InChI is InChI=1S/C24H31N7O/c1-17-14-21(29-24(27-17)31-13-10-26-16-31)22(30-11-4-3-5-12-30)23(32)28-18(2)20-8-6-19(15-25)7-9-20/h6-10,13-14,16,18,22H,3-5,11-12,15,25H2,1-2H3,(H,28,32). The summed E-state index contributed by atoms with van der Waals surface area (Å²) in [5, 5.41) is 3.21. The number of likely N-dealkylation sites (tertiary alicyclic amines) is 1. The van der Waals surface area contributed by atoms with Gasteiger partial charge in [-0.3, -0.25) is 14.3 Å². The Bertz CT molecular complexity index is 1030. The number of piperidine rings is 1. The number of aryl methyl sites for hydroxylation is 1. The average molecular weight is 434 g/mol. The number of rotatable bonds is 7. The summed E-state index contributed by atoms with van der Waals surface area (Å²) in [6, 6.07) is 9.38. The van der Waals surface area contributed by atoms with Crippen molar-refractivity contribution >= 4 is 5.91 Å². The fourth-order valence-electron chi connectivity index (χ4n) is 4.19. The molecule has 2 aromatic heterocycles. The first kappa shape index (κ1) is 22.1. The van der Waals surface area contributed by atoms with E-state index in [1.54, 1.807) is 17.1 Å². The number of nitrogens with zero attached hydrogens (tertiary/aromatic N) is 5. The second-order valence-corrected chi connectivity index (χ2v) is 8.38. The first-order valence-electron chi connectivity index (χ1n) is 11.2. The van der Waals surface area contributed by atoms with Gasteiger partial charge in [-0.1, -0.05) is 30.7 Å². The van der Waals surface area contributed by atoms with Gasteiger partial charge in [0.1, 0.15) is 12.4 Å². The third-order valence-corrected chi connectivity index (χ3v) is 5.96. The second-order valence-electron chi connectivity index (χ2n) is 8.38. The normalized spacial score (nSPS) is 16.5. The first-order valence-corrected chi connectivity index (χ1v) is 11.2. The van der Waals surface area contributed by atoms with E-state index in [0.29, 0.717) is 18.2 Å². The van der Waals surface area contributed by atoms with E-state index < -0.39 is 6.04 Å². The number of carbonyl (C=O) groups is 1. The Morgan fingerprint density at radius 3 is 2.56 bits per heavy atom. The first-order chi connectivity index (χ1) is 15.5. The van der Waals surface area contributed by atoms with Crippen molar-refractivity contribution in [2.75, 3.05) is 13.1 Å². The largest absolute Gasteiger partial charge is 0.348 e. The van der Waals surface area contributed by atoms with Crippen LogP contribution in [0.1, 0.15) is 60.8 Å². The molecule has 3 heterocycles. The Labute approximate surface area is 188 Å². The van der Waals surface area contributed by atoms with Gasteiger partial charge in [-0.25, -0.2) is 15.0 Å². The van der Waals surface area contributed by atoms with E-state index in [0.717, 1.165) is 42.8 Å². The van der Waals surface area contributed by atoms with Crippen molar-refractivity contribution in [3.8, 4) is 5.95 Å². The summed E-state index contributed by atoms with van der Waals surface area (Å²) in [5.74, 6) is 0.481. The fraction of sp³-hybridized carbons (Fsp3) is 0.417. The van der Waals surface area contributed by atoms with E-state index in [-0.39, 0.29) is 11.9 Å². The van der Waals surface area contributed by atoms with Crippen molar-refractivity contribution < 1.29 is 4.79 Å². The number of hydrogen-bond donors (Lipinski definition) is 2. The van der Waals surface area contributed by atoms with Gasteiger partial charge in [0.15, 0.2) is 0 Å². The van der Waals surface area contributed by atoms with Crippen LogP contribution in [-0.4, -0.2) is 43.4 Å². The van der Waals surface area contributed by atoms with Crippen LogP contribution in [0.15, 0.2) is 49.1 Å². The van der Waals surface area contributed by atoms with Gasteiger partial charge in [0.2, 0.25) is 11.9 Å². The van der Waals surface area contributed by atoms with E-state index in [4.69, 9.17) is 10.7 Å². The number of benzene rings is 1. The van der Waals surface area contributed by atoms with Crippen molar-refractivity contribution in [1.82, 2.24) is 29.7 Å². The van der Waals surface area contributed by atoms with Gasteiger partial charge in [-0.05, 0) is 57.0 Å². The molecular formula is C24H31N7O. The Morgan fingerprint density at radius 1 is 1.16 bits per heavy atom. The molecule has 0 bridgehead atoms. The summed E-state index contributed by atoms with van der Waals surface area (Å²) in [7, 11) is 0. The smallest absolute Gasteiger partial charge is 0.244 e. The third-order valence-electron chi connectivity index (χ3n) is 5.96. The maximum absolute atomic E-state index is 13.6. The van der Waals surface area contributed by atoms with Crippen LogP contribution in [0.3, 0.4) is 0 Å². The third kappa shape index (κ3) is 5.03. The zero-order chi connectivity index (χ0) is 22.5. The molecule has 1 saturated heterocycles. The lowest BCUT2D eigenvalue weighted by atomic mass is 10.0. The maximum atomic E-state index is 13.6. The highest BCUT2D eigenvalue weighted by atomic mass is 16.2. The summed E-state index contributed by atoms with van der Waals surface area (Å²) < 4.78 is 1.77. The number of nitrogens with two attached hydrogens (primary N) is 1. The van der Waals surface area contributed by atoms with E-state index >= 15 is 0 Å². The SMILES string of the molecule is Cc1cc(C(C(=O)NC(C)c2ccc(CN)cc2)N2CCCCC2)nc(-n2ccnc2)n1. The molecule has 1 aromatic carbocycles. The molecule has 1 aliphatic rings. The quantitative estimate of drug-likeness (QED) is 0.594. The molecule has 2 unspecified atom stereocenters. The van der Waals surface area contributed by atoms with Crippen molar-refractivity contribution in [2.24, 2.45) is 5.73 Å². The molecule has 1 amide bonds. The zero-order valence-electron chi connectivity index (χ0n) is 18.7. The molecule has 8 nitrogen and oxygen atoms in total. The van der Waals surface area contributed by atoms with Crippen LogP contribution in [0.2, 0.25) is 0 Å². The molecule has 8 heteroatoms. The van der Waals surface area contributed by atoms with Crippen LogP contribution in [0.5, 0.6) is 0 Å². The van der Waals surface area contributed by atoms with Crippen molar-refractivity contribution in [2.45, 2.75) is 51.7 Å². The van der Waals surface area contributed by atoms with Gasteiger partial charge in [0.05, 0.1) is 11.7 Å². The minimum Gasteiger partial charge on any atom is -0.348 e. The zero-order valence-corrected chi connectivity index (χ0v) is 18.7. The number of amides is 1. The molecule has 0 radical (unpaired) electrons. The predicted molar refractivity (Wildman–Crippen MR) is 123 cm³/mol. The highest BCUT2D eigenvalue weighted by Gasteiger charge is 2.31. The lowest BCUT2D eigenvalue weighted by molar-refractivity contribution is -0.128. The molecule has 1 aliphatic heterocycles. The number of aromatic nitrogens is 4. The van der Waals surface area contributed by atoms with Crippen LogP contribution < -0.4 is 11.1 Å². The molecule has 4 rings (SSSR count). The molecule has 1 fully saturated rings. The second kappa shape index (κ2) is 10.0. The fourth-order valence-corrected chi connectivity index (χ4v) is 4.19. The Morgan fingerprint density at radius 2 is 1.91 bits per heavy atom. The van der Waals surface area contributed by atoms with Gasteiger partial charge in [0, 0.05) is 24.6 Å². The lowest BCUT2D eigenvalue weighted by Crippen LogP contribution is -2.44. The summed E-state index contributed by atoms with van der Waals surface area (Å²) in [5.41, 5.74) is 9.36. The van der Waals surface area contributed by atoms with Gasteiger partial charge < -0.3 is 11.1 Å². The number of imidazole rings is 1. The molecule has 2 atom stereocenters. The van der Waals surface area contributed by atoms with Crippen LogP contribution in [0.25, 0.3) is 5.95 Å². The minimum atomic E-state index is -0.468. The minimum absolute atomic E-state index is 0.0445. The van der Waals surface area contributed by atoms with Crippen molar-refractivity contribution in [1.29, 1.82) is 0 Å².